The monoisotopic (exact) mass is 426 g/mol. The van der Waals surface area contributed by atoms with Crippen LogP contribution in [0.5, 0.6) is 0 Å². The summed E-state index contributed by atoms with van der Waals surface area (Å²) in [7, 11) is 1.21. The first-order valence-electron chi connectivity index (χ1n) is 10.3. The van der Waals surface area contributed by atoms with Crippen molar-refractivity contribution in [1.29, 1.82) is 0 Å². The van der Waals surface area contributed by atoms with Crippen molar-refractivity contribution < 1.29 is 14.3 Å². The van der Waals surface area contributed by atoms with Crippen LogP contribution in [0.25, 0.3) is 12.2 Å². The van der Waals surface area contributed by atoms with E-state index in [9.17, 15) is 9.59 Å². The standard InChI is InChI=1S/C27H26N2O3/c1-32-27(31)26(30)29(25-15-9-4-10-16-25)22-21-28(19-17-23-11-5-2-6-12-23)20-18-24-13-7-3-8-14-24/h2-20H,21-22H2,1H3/b19-17+,20-18+. The fourth-order valence-electron chi connectivity index (χ4n) is 3.06. The maximum atomic E-state index is 12.6. The Morgan fingerprint density at radius 3 is 1.66 bits per heavy atom. The Morgan fingerprint density at radius 1 is 0.719 bits per heavy atom. The third-order valence-electron chi connectivity index (χ3n) is 4.77. The van der Waals surface area contributed by atoms with Crippen LogP contribution in [0, 0.1) is 0 Å². The number of esters is 1. The van der Waals surface area contributed by atoms with Crippen molar-refractivity contribution in [3.8, 4) is 0 Å². The van der Waals surface area contributed by atoms with E-state index in [-0.39, 0.29) is 0 Å². The molecule has 0 aromatic heterocycles. The Bertz CT molecular complexity index is 999. The molecule has 0 heterocycles. The molecule has 3 aromatic carbocycles. The number of para-hydroxylation sites is 1. The van der Waals surface area contributed by atoms with Gasteiger partial charge in [0.15, 0.2) is 0 Å². The molecular formula is C27H26N2O3. The number of carbonyl (C=O) groups is 2. The zero-order chi connectivity index (χ0) is 22.6. The molecule has 0 fully saturated rings. The number of carbonyl (C=O) groups excluding carboxylic acids is 2. The highest BCUT2D eigenvalue weighted by Crippen LogP contribution is 2.15. The first-order valence-corrected chi connectivity index (χ1v) is 10.3. The van der Waals surface area contributed by atoms with Crippen molar-refractivity contribution in [3.05, 3.63) is 115 Å². The van der Waals surface area contributed by atoms with Gasteiger partial charge >= 0.3 is 11.9 Å². The van der Waals surface area contributed by atoms with E-state index in [0.29, 0.717) is 18.8 Å². The summed E-state index contributed by atoms with van der Waals surface area (Å²) in [5, 5.41) is 0. The van der Waals surface area contributed by atoms with Gasteiger partial charge in [-0.05, 0) is 35.4 Å². The molecule has 0 aliphatic carbocycles. The summed E-state index contributed by atoms with van der Waals surface area (Å²) >= 11 is 0. The Balaban J connectivity index is 1.81. The van der Waals surface area contributed by atoms with Gasteiger partial charge in [0.05, 0.1) is 7.11 Å². The number of anilines is 1. The predicted octanol–water partition coefficient (Wildman–Crippen LogP) is 4.84. The van der Waals surface area contributed by atoms with Crippen molar-refractivity contribution in [2.75, 3.05) is 25.1 Å². The number of rotatable bonds is 8. The molecule has 0 radical (unpaired) electrons. The second-order valence-electron chi connectivity index (χ2n) is 6.97. The lowest BCUT2D eigenvalue weighted by atomic mass is 10.2. The minimum absolute atomic E-state index is 0.302. The lowest BCUT2D eigenvalue weighted by Gasteiger charge is -2.24. The molecule has 0 N–H and O–H groups in total. The molecule has 162 valence electrons. The molecule has 0 saturated carbocycles. The summed E-state index contributed by atoms with van der Waals surface area (Å²) in [6, 6.07) is 29.1. The van der Waals surface area contributed by atoms with Crippen LogP contribution in [-0.2, 0) is 14.3 Å². The molecule has 0 unspecified atom stereocenters. The zero-order valence-electron chi connectivity index (χ0n) is 18.0. The van der Waals surface area contributed by atoms with Crippen LogP contribution in [0.15, 0.2) is 103 Å². The fourth-order valence-corrected chi connectivity index (χ4v) is 3.06. The van der Waals surface area contributed by atoms with E-state index < -0.39 is 11.9 Å². The number of hydrogen-bond acceptors (Lipinski definition) is 4. The van der Waals surface area contributed by atoms with Gasteiger partial charge in [-0.2, -0.15) is 0 Å². The molecule has 32 heavy (non-hydrogen) atoms. The lowest BCUT2D eigenvalue weighted by Crippen LogP contribution is -2.41. The first kappa shape index (κ1) is 22.6. The van der Waals surface area contributed by atoms with Crippen LogP contribution in [0.1, 0.15) is 11.1 Å². The van der Waals surface area contributed by atoms with Crippen LogP contribution < -0.4 is 4.90 Å². The highest BCUT2D eigenvalue weighted by Gasteiger charge is 2.24. The Labute approximate surface area is 188 Å². The number of methoxy groups -OCH3 is 1. The van der Waals surface area contributed by atoms with E-state index in [2.05, 4.69) is 4.74 Å². The predicted molar refractivity (Wildman–Crippen MR) is 128 cm³/mol. The van der Waals surface area contributed by atoms with Crippen LogP contribution in [0.2, 0.25) is 0 Å². The fraction of sp³-hybridized carbons (Fsp3) is 0.111. The summed E-state index contributed by atoms with van der Waals surface area (Å²) in [6.07, 6.45) is 7.93. The highest BCUT2D eigenvalue weighted by molar-refractivity contribution is 6.38. The maximum absolute atomic E-state index is 12.6. The van der Waals surface area contributed by atoms with Gasteiger partial charge in [-0.3, -0.25) is 4.79 Å². The van der Waals surface area contributed by atoms with Crippen molar-refractivity contribution >= 4 is 29.7 Å². The number of ether oxygens (including phenoxy) is 1. The smallest absolute Gasteiger partial charge is 0.397 e. The van der Waals surface area contributed by atoms with Crippen molar-refractivity contribution in [1.82, 2.24) is 4.90 Å². The van der Waals surface area contributed by atoms with Gasteiger partial charge in [0.25, 0.3) is 0 Å². The van der Waals surface area contributed by atoms with Gasteiger partial charge in [0, 0.05) is 31.2 Å². The van der Waals surface area contributed by atoms with Gasteiger partial charge in [0.1, 0.15) is 0 Å². The third-order valence-corrected chi connectivity index (χ3v) is 4.77. The van der Waals surface area contributed by atoms with E-state index in [1.54, 1.807) is 12.1 Å². The van der Waals surface area contributed by atoms with Gasteiger partial charge in [0.2, 0.25) is 0 Å². The van der Waals surface area contributed by atoms with E-state index in [1.807, 2.05) is 108 Å². The van der Waals surface area contributed by atoms with Crippen LogP contribution >= 0.6 is 0 Å². The van der Waals surface area contributed by atoms with Crippen LogP contribution in [0.4, 0.5) is 5.69 Å². The van der Waals surface area contributed by atoms with E-state index in [1.165, 1.54) is 12.0 Å². The Hall–Kier alpha value is -4.12. The van der Waals surface area contributed by atoms with Crippen molar-refractivity contribution in [3.63, 3.8) is 0 Å². The van der Waals surface area contributed by atoms with Gasteiger partial charge in [-0.25, -0.2) is 4.79 Å². The summed E-state index contributed by atoms with van der Waals surface area (Å²) in [5.74, 6) is -1.59. The summed E-state index contributed by atoms with van der Waals surface area (Å²) in [5.41, 5.74) is 2.77. The Morgan fingerprint density at radius 2 is 1.19 bits per heavy atom. The average molecular weight is 427 g/mol. The SMILES string of the molecule is COC(=O)C(=O)N(CCN(/C=C/c1ccccc1)/C=C/c1ccccc1)c1ccccc1. The topological polar surface area (TPSA) is 49.9 Å². The van der Waals surface area contributed by atoms with Crippen LogP contribution in [-0.4, -0.2) is 37.0 Å². The largest absolute Gasteiger partial charge is 0.462 e. The van der Waals surface area contributed by atoms with E-state index in [4.69, 9.17) is 0 Å². The molecule has 5 heteroatoms. The lowest BCUT2D eigenvalue weighted by molar-refractivity contribution is -0.151. The first-order chi connectivity index (χ1) is 15.7. The Kier molecular flexibility index (Phi) is 8.40. The third kappa shape index (κ3) is 6.71. The van der Waals surface area contributed by atoms with Crippen LogP contribution in [0.3, 0.4) is 0 Å². The zero-order valence-corrected chi connectivity index (χ0v) is 18.0. The molecule has 0 saturated heterocycles. The molecule has 0 aliphatic rings. The second-order valence-corrected chi connectivity index (χ2v) is 6.97. The second kappa shape index (κ2) is 11.9. The number of nitrogens with zero attached hydrogens (tertiary/aromatic N) is 2. The summed E-state index contributed by atoms with van der Waals surface area (Å²) < 4.78 is 4.66. The molecule has 0 bridgehead atoms. The molecule has 1 amide bonds. The number of benzene rings is 3. The highest BCUT2D eigenvalue weighted by atomic mass is 16.5. The molecule has 3 aromatic rings. The van der Waals surface area contributed by atoms with Crippen molar-refractivity contribution in [2.24, 2.45) is 0 Å². The van der Waals surface area contributed by atoms with Crippen molar-refractivity contribution in [2.45, 2.75) is 0 Å². The number of amides is 1. The number of hydrogen-bond donors (Lipinski definition) is 0. The normalized spacial score (nSPS) is 10.9. The quantitative estimate of drug-likeness (QED) is 0.382. The molecular weight excluding hydrogens is 400 g/mol. The van der Waals surface area contributed by atoms with E-state index >= 15 is 0 Å². The summed E-state index contributed by atoms with van der Waals surface area (Å²) in [4.78, 5) is 28.0. The maximum Gasteiger partial charge on any atom is 0.397 e. The van der Waals surface area contributed by atoms with Gasteiger partial charge in [-0.1, -0.05) is 78.9 Å². The molecule has 0 spiro atoms. The minimum atomic E-state index is -0.889. The molecule has 0 atom stereocenters. The molecule has 3 rings (SSSR count). The van der Waals surface area contributed by atoms with Gasteiger partial charge in [-0.15, -0.1) is 0 Å². The summed E-state index contributed by atoms with van der Waals surface area (Å²) in [6.45, 7) is 0.778. The minimum Gasteiger partial charge on any atom is -0.462 e. The average Bonchev–Trinajstić information content (AvgIpc) is 2.86. The molecule has 0 aliphatic heterocycles. The van der Waals surface area contributed by atoms with Gasteiger partial charge < -0.3 is 14.5 Å². The molecule has 5 nitrogen and oxygen atoms in total. The van der Waals surface area contributed by atoms with E-state index in [0.717, 1.165) is 11.1 Å².